The molecule has 0 bridgehead atoms. The molecule has 118 valence electrons. The number of hydrogen-bond donors (Lipinski definition) is 2. The smallest absolute Gasteiger partial charge is 0.0613 e. The van der Waals surface area contributed by atoms with Gasteiger partial charge in [-0.3, -0.25) is 0 Å². The Labute approximate surface area is 129 Å². The standard InChI is InChI=1S/C18H30N2O/c1-3-12-19-18(15-21)11-9-17(14-18)20(2)13-10-16-7-5-4-6-8-16/h4-8,17,19,21H,3,9-15H2,1-2H3. The molecular weight excluding hydrogens is 260 g/mol. The van der Waals surface area contributed by atoms with Crippen molar-refractivity contribution >= 4 is 0 Å². The average Bonchev–Trinajstić information content (AvgIpc) is 2.97. The van der Waals surface area contributed by atoms with Crippen LogP contribution in [0.1, 0.15) is 38.2 Å². The first-order valence-corrected chi connectivity index (χ1v) is 8.29. The van der Waals surface area contributed by atoms with Gasteiger partial charge in [0.05, 0.1) is 6.61 Å². The maximum absolute atomic E-state index is 9.77. The van der Waals surface area contributed by atoms with E-state index in [9.17, 15) is 5.11 Å². The minimum Gasteiger partial charge on any atom is -0.394 e. The molecular formula is C18H30N2O. The van der Waals surface area contributed by atoms with Crippen molar-refractivity contribution in [1.82, 2.24) is 10.2 Å². The molecule has 0 aliphatic heterocycles. The molecule has 3 nitrogen and oxygen atoms in total. The minimum atomic E-state index is -0.0400. The third-order valence-corrected chi connectivity index (χ3v) is 4.85. The van der Waals surface area contributed by atoms with E-state index in [0.29, 0.717) is 6.04 Å². The van der Waals surface area contributed by atoms with Crippen molar-refractivity contribution in [3.63, 3.8) is 0 Å². The third-order valence-electron chi connectivity index (χ3n) is 4.85. The Morgan fingerprint density at radius 2 is 2.10 bits per heavy atom. The third kappa shape index (κ3) is 4.53. The van der Waals surface area contributed by atoms with Gasteiger partial charge in [-0.25, -0.2) is 0 Å². The first-order valence-electron chi connectivity index (χ1n) is 8.29. The van der Waals surface area contributed by atoms with E-state index >= 15 is 0 Å². The van der Waals surface area contributed by atoms with Gasteiger partial charge >= 0.3 is 0 Å². The number of rotatable bonds is 8. The monoisotopic (exact) mass is 290 g/mol. The van der Waals surface area contributed by atoms with Crippen LogP contribution in [0, 0.1) is 0 Å². The van der Waals surface area contributed by atoms with Crippen molar-refractivity contribution < 1.29 is 5.11 Å². The SMILES string of the molecule is CCCNC1(CO)CCC(N(C)CCc2ccccc2)C1. The summed E-state index contributed by atoms with van der Waals surface area (Å²) in [6.07, 6.45) is 5.56. The van der Waals surface area contributed by atoms with Gasteiger partial charge in [-0.05, 0) is 51.3 Å². The molecule has 2 N–H and O–H groups in total. The van der Waals surface area contributed by atoms with Crippen molar-refractivity contribution in [2.45, 2.75) is 50.6 Å². The molecule has 0 heterocycles. The maximum atomic E-state index is 9.77. The summed E-state index contributed by atoms with van der Waals surface area (Å²) in [7, 11) is 2.22. The lowest BCUT2D eigenvalue weighted by Gasteiger charge is -2.30. The summed E-state index contributed by atoms with van der Waals surface area (Å²) >= 11 is 0. The summed E-state index contributed by atoms with van der Waals surface area (Å²) in [6, 6.07) is 11.3. The molecule has 0 radical (unpaired) electrons. The fourth-order valence-corrected chi connectivity index (χ4v) is 3.36. The lowest BCUT2D eigenvalue weighted by atomic mass is 9.98. The minimum absolute atomic E-state index is 0.0400. The van der Waals surface area contributed by atoms with E-state index in [1.807, 2.05) is 0 Å². The summed E-state index contributed by atoms with van der Waals surface area (Å²) in [4.78, 5) is 2.47. The molecule has 0 spiro atoms. The van der Waals surface area contributed by atoms with E-state index in [0.717, 1.165) is 38.8 Å². The van der Waals surface area contributed by atoms with Crippen LogP contribution in [0.3, 0.4) is 0 Å². The van der Waals surface area contributed by atoms with Gasteiger partial charge in [0.1, 0.15) is 0 Å². The normalized spacial score (nSPS) is 25.6. The second-order valence-corrected chi connectivity index (χ2v) is 6.48. The fraction of sp³-hybridized carbons (Fsp3) is 0.667. The highest BCUT2D eigenvalue weighted by Gasteiger charge is 2.39. The van der Waals surface area contributed by atoms with Gasteiger partial charge in [-0.15, -0.1) is 0 Å². The summed E-state index contributed by atoms with van der Waals surface area (Å²) in [6.45, 7) is 4.53. The topological polar surface area (TPSA) is 35.5 Å². The Bertz CT molecular complexity index is 409. The molecule has 0 aromatic heterocycles. The quantitative estimate of drug-likeness (QED) is 0.772. The molecule has 2 unspecified atom stereocenters. The molecule has 1 saturated carbocycles. The van der Waals surface area contributed by atoms with Gasteiger partial charge in [0.2, 0.25) is 0 Å². The van der Waals surface area contributed by atoms with E-state index < -0.39 is 0 Å². The van der Waals surface area contributed by atoms with Crippen molar-refractivity contribution in [3.8, 4) is 0 Å². The molecule has 2 atom stereocenters. The van der Waals surface area contributed by atoms with Crippen LogP contribution in [0.5, 0.6) is 0 Å². The van der Waals surface area contributed by atoms with Crippen LogP contribution < -0.4 is 5.32 Å². The van der Waals surface area contributed by atoms with E-state index in [1.54, 1.807) is 0 Å². The second kappa shape index (κ2) is 7.92. The molecule has 1 aromatic rings. The highest BCUT2D eigenvalue weighted by atomic mass is 16.3. The molecule has 2 rings (SSSR count). The van der Waals surface area contributed by atoms with Crippen LogP contribution in [0.2, 0.25) is 0 Å². The van der Waals surface area contributed by atoms with Crippen molar-refractivity contribution in [2.24, 2.45) is 0 Å². The highest BCUT2D eigenvalue weighted by molar-refractivity contribution is 5.15. The predicted molar refractivity (Wildman–Crippen MR) is 88.5 cm³/mol. The summed E-state index contributed by atoms with van der Waals surface area (Å²) in [5.74, 6) is 0. The molecule has 1 aliphatic carbocycles. The zero-order valence-corrected chi connectivity index (χ0v) is 13.5. The zero-order valence-electron chi connectivity index (χ0n) is 13.5. The van der Waals surface area contributed by atoms with Crippen LogP contribution in [0.15, 0.2) is 30.3 Å². The Hall–Kier alpha value is -0.900. The van der Waals surface area contributed by atoms with Gasteiger partial charge in [0.15, 0.2) is 0 Å². The highest BCUT2D eigenvalue weighted by Crippen LogP contribution is 2.32. The van der Waals surface area contributed by atoms with Crippen LogP contribution >= 0.6 is 0 Å². The van der Waals surface area contributed by atoms with Gasteiger partial charge in [0, 0.05) is 18.1 Å². The number of nitrogens with zero attached hydrogens (tertiary/aromatic N) is 1. The van der Waals surface area contributed by atoms with E-state index in [-0.39, 0.29) is 12.1 Å². The average molecular weight is 290 g/mol. The number of likely N-dealkylation sites (N-methyl/N-ethyl adjacent to an activating group) is 1. The molecule has 0 amide bonds. The van der Waals surface area contributed by atoms with Crippen LogP contribution in [0.25, 0.3) is 0 Å². The summed E-state index contributed by atoms with van der Waals surface area (Å²) in [5.41, 5.74) is 1.36. The molecule has 1 aromatic carbocycles. The Morgan fingerprint density at radius 1 is 1.33 bits per heavy atom. The lowest BCUT2D eigenvalue weighted by molar-refractivity contribution is 0.151. The second-order valence-electron chi connectivity index (χ2n) is 6.48. The van der Waals surface area contributed by atoms with Crippen molar-refractivity contribution in [1.29, 1.82) is 0 Å². The first kappa shape index (κ1) is 16.5. The molecule has 21 heavy (non-hydrogen) atoms. The van der Waals surface area contributed by atoms with E-state index in [1.165, 1.54) is 12.0 Å². The van der Waals surface area contributed by atoms with Crippen LogP contribution in [-0.2, 0) is 6.42 Å². The van der Waals surface area contributed by atoms with E-state index in [2.05, 4.69) is 54.5 Å². The van der Waals surface area contributed by atoms with Gasteiger partial charge in [0.25, 0.3) is 0 Å². The van der Waals surface area contributed by atoms with Crippen molar-refractivity contribution in [3.05, 3.63) is 35.9 Å². The zero-order chi connectivity index (χ0) is 15.1. The van der Waals surface area contributed by atoms with Crippen molar-refractivity contribution in [2.75, 3.05) is 26.7 Å². The Morgan fingerprint density at radius 3 is 2.76 bits per heavy atom. The number of hydrogen-bond acceptors (Lipinski definition) is 3. The Kier molecular flexibility index (Phi) is 6.22. The largest absolute Gasteiger partial charge is 0.394 e. The number of nitrogens with one attached hydrogen (secondary N) is 1. The van der Waals surface area contributed by atoms with Gasteiger partial charge in [-0.2, -0.15) is 0 Å². The van der Waals surface area contributed by atoms with Gasteiger partial charge < -0.3 is 15.3 Å². The molecule has 1 fully saturated rings. The number of aliphatic hydroxyl groups is 1. The maximum Gasteiger partial charge on any atom is 0.0613 e. The number of aliphatic hydroxyl groups excluding tert-OH is 1. The molecule has 1 aliphatic rings. The van der Waals surface area contributed by atoms with Crippen LogP contribution in [-0.4, -0.2) is 48.3 Å². The Balaban J connectivity index is 1.82. The lowest BCUT2D eigenvalue weighted by Crippen LogP contribution is -2.48. The predicted octanol–water partition coefficient (Wildman–Crippen LogP) is 2.44. The number of benzene rings is 1. The first-order chi connectivity index (χ1) is 10.2. The summed E-state index contributed by atoms with van der Waals surface area (Å²) in [5, 5.41) is 13.3. The fourth-order valence-electron chi connectivity index (χ4n) is 3.36. The summed E-state index contributed by atoms with van der Waals surface area (Å²) < 4.78 is 0. The van der Waals surface area contributed by atoms with E-state index in [4.69, 9.17) is 0 Å². The molecule has 3 heteroatoms. The van der Waals surface area contributed by atoms with Crippen LogP contribution in [0.4, 0.5) is 0 Å². The molecule has 0 saturated heterocycles. The van der Waals surface area contributed by atoms with Gasteiger partial charge in [-0.1, -0.05) is 37.3 Å².